The van der Waals surface area contributed by atoms with Crippen molar-refractivity contribution in [2.24, 2.45) is 5.92 Å². The van der Waals surface area contributed by atoms with Gasteiger partial charge in [0.15, 0.2) is 0 Å². The van der Waals surface area contributed by atoms with E-state index in [0.717, 1.165) is 16.8 Å². The van der Waals surface area contributed by atoms with E-state index < -0.39 is 15.9 Å². The van der Waals surface area contributed by atoms with Crippen LogP contribution in [0.15, 0.2) is 33.7 Å². The maximum atomic E-state index is 13.5. The van der Waals surface area contributed by atoms with Crippen LogP contribution in [0, 0.1) is 26.7 Å². The number of thiophene rings is 1. The zero-order chi connectivity index (χ0) is 23.8. The minimum atomic E-state index is -3.76. The van der Waals surface area contributed by atoms with Crippen molar-refractivity contribution < 1.29 is 17.7 Å². The van der Waals surface area contributed by atoms with Crippen molar-refractivity contribution in [3.8, 4) is 10.7 Å². The molecule has 1 fully saturated rings. The van der Waals surface area contributed by atoms with Crippen LogP contribution in [0.5, 0.6) is 0 Å². The smallest absolute Gasteiger partial charge is 0.244 e. The van der Waals surface area contributed by atoms with Gasteiger partial charge in [-0.15, -0.1) is 11.3 Å². The molecule has 0 bridgehead atoms. The van der Waals surface area contributed by atoms with Crippen LogP contribution >= 0.6 is 11.3 Å². The summed E-state index contributed by atoms with van der Waals surface area (Å²) in [4.78, 5) is 18.8. The summed E-state index contributed by atoms with van der Waals surface area (Å²) < 4.78 is 33.5. The average molecular weight is 489 g/mol. The zero-order valence-electron chi connectivity index (χ0n) is 19.2. The SMILES string of the molecule is CCc1nc(-c2cc(S(=O)(=O)N3CCC[C@@H](C(=O)Nc4cccc(C)c4C)C3)c(C)s2)no1. The third kappa shape index (κ3) is 4.73. The topological polar surface area (TPSA) is 105 Å². The number of sulfonamides is 1. The van der Waals surface area contributed by atoms with Gasteiger partial charge in [0, 0.05) is 30.1 Å². The largest absolute Gasteiger partial charge is 0.339 e. The van der Waals surface area contributed by atoms with Crippen molar-refractivity contribution >= 4 is 33.0 Å². The molecule has 33 heavy (non-hydrogen) atoms. The number of aromatic nitrogens is 2. The van der Waals surface area contributed by atoms with Gasteiger partial charge < -0.3 is 9.84 Å². The highest BCUT2D eigenvalue weighted by atomic mass is 32.2. The highest BCUT2D eigenvalue weighted by Gasteiger charge is 2.35. The Kier molecular flexibility index (Phi) is 6.69. The highest BCUT2D eigenvalue weighted by molar-refractivity contribution is 7.89. The molecule has 3 heterocycles. The fourth-order valence-corrected chi connectivity index (χ4v) is 6.98. The van der Waals surface area contributed by atoms with Crippen molar-refractivity contribution in [2.75, 3.05) is 18.4 Å². The highest BCUT2D eigenvalue weighted by Crippen LogP contribution is 2.35. The zero-order valence-corrected chi connectivity index (χ0v) is 20.8. The molecule has 2 aromatic heterocycles. The Morgan fingerprint density at radius 2 is 2.09 bits per heavy atom. The molecule has 0 unspecified atom stereocenters. The molecule has 1 atom stereocenters. The number of carbonyl (C=O) groups is 1. The van der Waals surface area contributed by atoms with Gasteiger partial charge in [0.25, 0.3) is 0 Å². The number of amides is 1. The monoisotopic (exact) mass is 488 g/mol. The quantitative estimate of drug-likeness (QED) is 0.554. The standard InChI is InChI=1S/C23H28N4O4S2/c1-5-21-25-22(26-31-21)19-12-20(16(4)32-19)33(29,30)27-11-7-9-17(13-27)23(28)24-18-10-6-8-14(2)15(18)3/h6,8,10,12,17H,5,7,9,11,13H2,1-4H3,(H,24,28)/t17-/m1/s1. The Morgan fingerprint density at radius 3 is 2.82 bits per heavy atom. The van der Waals surface area contributed by atoms with Crippen LogP contribution in [-0.2, 0) is 21.2 Å². The molecule has 0 radical (unpaired) electrons. The molecule has 3 aromatic rings. The summed E-state index contributed by atoms with van der Waals surface area (Å²) in [6, 6.07) is 7.38. The van der Waals surface area contributed by atoms with Gasteiger partial charge in [0.2, 0.25) is 27.6 Å². The van der Waals surface area contributed by atoms with E-state index in [1.165, 1.54) is 15.6 Å². The fraction of sp³-hybridized carbons (Fsp3) is 0.435. The summed E-state index contributed by atoms with van der Waals surface area (Å²) in [6.07, 6.45) is 1.89. The summed E-state index contributed by atoms with van der Waals surface area (Å²) in [7, 11) is -3.76. The predicted octanol–water partition coefficient (Wildman–Crippen LogP) is 4.33. The van der Waals surface area contributed by atoms with Crippen LogP contribution < -0.4 is 5.32 Å². The number of rotatable bonds is 6. The number of anilines is 1. The van der Waals surface area contributed by atoms with E-state index in [1.54, 1.807) is 13.0 Å². The molecule has 0 saturated carbocycles. The van der Waals surface area contributed by atoms with E-state index in [0.29, 0.717) is 47.3 Å². The van der Waals surface area contributed by atoms with Gasteiger partial charge in [-0.1, -0.05) is 24.2 Å². The Balaban J connectivity index is 1.52. The number of carbonyl (C=O) groups excluding carboxylic acids is 1. The summed E-state index contributed by atoms with van der Waals surface area (Å²) in [5.74, 6) is 0.349. The number of piperidine rings is 1. The Labute approximate surface area is 198 Å². The first-order chi connectivity index (χ1) is 15.7. The minimum Gasteiger partial charge on any atom is -0.339 e. The Morgan fingerprint density at radius 1 is 1.30 bits per heavy atom. The minimum absolute atomic E-state index is 0.148. The van der Waals surface area contributed by atoms with E-state index in [2.05, 4.69) is 15.5 Å². The lowest BCUT2D eigenvalue weighted by Crippen LogP contribution is -2.43. The molecule has 0 aliphatic carbocycles. The van der Waals surface area contributed by atoms with E-state index in [4.69, 9.17) is 4.52 Å². The van der Waals surface area contributed by atoms with Gasteiger partial charge in [-0.25, -0.2) is 8.42 Å². The van der Waals surface area contributed by atoms with E-state index in [-0.39, 0.29) is 17.3 Å². The second-order valence-electron chi connectivity index (χ2n) is 8.34. The molecule has 1 amide bonds. The van der Waals surface area contributed by atoms with Crippen molar-refractivity contribution in [1.29, 1.82) is 0 Å². The van der Waals surface area contributed by atoms with Crippen molar-refractivity contribution in [2.45, 2.75) is 51.9 Å². The third-order valence-electron chi connectivity index (χ3n) is 6.10. The van der Waals surface area contributed by atoms with Gasteiger partial charge >= 0.3 is 0 Å². The molecule has 10 heteroatoms. The Hall–Kier alpha value is -2.56. The predicted molar refractivity (Wildman–Crippen MR) is 128 cm³/mol. The average Bonchev–Trinajstić information content (AvgIpc) is 3.44. The van der Waals surface area contributed by atoms with Crippen LogP contribution in [0.25, 0.3) is 10.7 Å². The van der Waals surface area contributed by atoms with Crippen molar-refractivity contribution in [3.63, 3.8) is 0 Å². The molecular formula is C23H28N4O4S2. The summed E-state index contributed by atoms with van der Waals surface area (Å²) in [6.45, 7) is 8.20. The van der Waals surface area contributed by atoms with E-state index in [1.807, 2.05) is 39.0 Å². The van der Waals surface area contributed by atoms with Crippen LogP contribution in [-0.4, -0.2) is 41.9 Å². The van der Waals surface area contributed by atoms with Gasteiger partial charge in [-0.05, 0) is 56.9 Å². The van der Waals surface area contributed by atoms with Gasteiger partial charge in [0.05, 0.1) is 15.7 Å². The van der Waals surface area contributed by atoms with Crippen LogP contribution in [0.2, 0.25) is 0 Å². The number of benzene rings is 1. The molecule has 1 N–H and O–H groups in total. The molecule has 0 spiro atoms. The molecule has 4 rings (SSSR count). The second-order valence-corrected chi connectivity index (χ2v) is 11.5. The fourth-order valence-electron chi connectivity index (χ4n) is 3.97. The molecule has 8 nitrogen and oxygen atoms in total. The molecule has 1 aliphatic rings. The number of hydrogen-bond donors (Lipinski definition) is 1. The van der Waals surface area contributed by atoms with Crippen LogP contribution in [0.3, 0.4) is 0 Å². The van der Waals surface area contributed by atoms with Gasteiger partial charge in [0.1, 0.15) is 0 Å². The van der Waals surface area contributed by atoms with Crippen molar-refractivity contribution in [1.82, 2.24) is 14.4 Å². The first kappa shape index (κ1) is 23.6. The maximum absolute atomic E-state index is 13.5. The Bertz CT molecular complexity index is 1280. The number of nitrogens with one attached hydrogen (secondary N) is 1. The first-order valence-corrected chi connectivity index (χ1v) is 13.3. The van der Waals surface area contributed by atoms with Crippen LogP contribution in [0.4, 0.5) is 5.69 Å². The molecule has 1 aliphatic heterocycles. The van der Waals surface area contributed by atoms with E-state index in [9.17, 15) is 13.2 Å². The third-order valence-corrected chi connectivity index (χ3v) is 9.27. The molecule has 176 valence electrons. The molecule has 1 aromatic carbocycles. The van der Waals surface area contributed by atoms with Gasteiger partial charge in [-0.2, -0.15) is 9.29 Å². The molecule has 1 saturated heterocycles. The second kappa shape index (κ2) is 9.36. The summed E-state index contributed by atoms with van der Waals surface area (Å²) in [5, 5.41) is 6.95. The summed E-state index contributed by atoms with van der Waals surface area (Å²) >= 11 is 1.32. The number of aryl methyl sites for hydroxylation is 3. The lowest BCUT2D eigenvalue weighted by atomic mass is 9.98. The number of hydrogen-bond acceptors (Lipinski definition) is 7. The normalized spacial score (nSPS) is 17.3. The summed E-state index contributed by atoms with van der Waals surface area (Å²) in [5.41, 5.74) is 2.88. The maximum Gasteiger partial charge on any atom is 0.244 e. The lowest BCUT2D eigenvalue weighted by Gasteiger charge is -2.31. The number of nitrogens with zero attached hydrogens (tertiary/aromatic N) is 3. The van der Waals surface area contributed by atoms with E-state index >= 15 is 0 Å². The lowest BCUT2D eigenvalue weighted by molar-refractivity contribution is -0.120. The van der Waals surface area contributed by atoms with Crippen LogP contribution in [0.1, 0.15) is 41.7 Å². The van der Waals surface area contributed by atoms with Crippen molar-refractivity contribution in [3.05, 3.63) is 46.2 Å². The molecular weight excluding hydrogens is 460 g/mol. The van der Waals surface area contributed by atoms with Gasteiger partial charge in [-0.3, -0.25) is 4.79 Å². The first-order valence-electron chi connectivity index (χ1n) is 11.0.